The molecule has 2 unspecified atom stereocenters. The molecule has 1 aliphatic carbocycles. The average Bonchev–Trinajstić information content (AvgIpc) is 3.14. The molecule has 1 heterocycles. The van der Waals surface area contributed by atoms with Gasteiger partial charge >= 0.3 is 5.97 Å². The Balaban J connectivity index is 1.90. The lowest BCUT2D eigenvalue weighted by Crippen LogP contribution is -2.16. The van der Waals surface area contributed by atoms with Crippen LogP contribution in [0.5, 0.6) is 0 Å². The summed E-state index contributed by atoms with van der Waals surface area (Å²) in [6, 6.07) is 11.6. The molecule has 2 atom stereocenters. The van der Waals surface area contributed by atoms with Gasteiger partial charge in [-0.15, -0.1) is 11.3 Å². The standard InChI is InChI=1S/C18H19NO3S/c1-3-22-18(21)14-10-15(12-7-5-4-6-8-12)23-17(14)19-16(20)13-9-11(13)2/h4-8,10-11,13H,3,9H2,1-2H3,(H,19,20). The van der Waals surface area contributed by atoms with Crippen LogP contribution >= 0.6 is 11.3 Å². The molecule has 0 spiro atoms. The number of nitrogens with one attached hydrogen (secondary N) is 1. The molecule has 0 aliphatic heterocycles. The van der Waals surface area contributed by atoms with Gasteiger partial charge in [0.25, 0.3) is 0 Å². The number of amides is 1. The zero-order valence-electron chi connectivity index (χ0n) is 13.2. The van der Waals surface area contributed by atoms with E-state index in [9.17, 15) is 9.59 Å². The third-order valence-corrected chi connectivity index (χ3v) is 5.07. The number of carbonyl (C=O) groups is 2. The van der Waals surface area contributed by atoms with Crippen molar-refractivity contribution in [2.45, 2.75) is 20.3 Å². The summed E-state index contributed by atoms with van der Waals surface area (Å²) in [6.07, 6.45) is 0.914. The van der Waals surface area contributed by atoms with Crippen LogP contribution in [0.3, 0.4) is 0 Å². The van der Waals surface area contributed by atoms with Gasteiger partial charge in [0.1, 0.15) is 5.00 Å². The SMILES string of the molecule is CCOC(=O)c1cc(-c2ccccc2)sc1NC(=O)C1CC1C. The molecule has 1 amide bonds. The number of esters is 1. The van der Waals surface area contributed by atoms with Crippen molar-refractivity contribution in [3.63, 3.8) is 0 Å². The molecule has 1 aromatic carbocycles. The molecule has 3 rings (SSSR count). The molecule has 1 N–H and O–H groups in total. The molecule has 0 radical (unpaired) electrons. The van der Waals surface area contributed by atoms with Gasteiger partial charge < -0.3 is 10.1 Å². The van der Waals surface area contributed by atoms with Crippen LogP contribution in [-0.4, -0.2) is 18.5 Å². The highest BCUT2D eigenvalue weighted by atomic mass is 32.1. The molecule has 1 saturated carbocycles. The predicted octanol–water partition coefficient (Wildman–Crippen LogP) is 4.19. The fourth-order valence-corrected chi connectivity index (χ4v) is 3.54. The molecule has 120 valence electrons. The molecule has 1 aromatic heterocycles. The molecule has 5 heteroatoms. The van der Waals surface area contributed by atoms with E-state index >= 15 is 0 Å². The van der Waals surface area contributed by atoms with Crippen molar-refractivity contribution in [3.05, 3.63) is 42.0 Å². The lowest BCUT2D eigenvalue weighted by molar-refractivity contribution is -0.117. The van der Waals surface area contributed by atoms with Crippen molar-refractivity contribution in [2.75, 3.05) is 11.9 Å². The van der Waals surface area contributed by atoms with Crippen LogP contribution in [0.4, 0.5) is 5.00 Å². The smallest absolute Gasteiger partial charge is 0.341 e. The number of benzene rings is 1. The van der Waals surface area contributed by atoms with Gasteiger partial charge in [0, 0.05) is 10.8 Å². The number of carbonyl (C=O) groups excluding carboxylic acids is 2. The van der Waals surface area contributed by atoms with Gasteiger partial charge in [-0.25, -0.2) is 4.79 Å². The lowest BCUT2D eigenvalue weighted by atomic mass is 10.1. The topological polar surface area (TPSA) is 55.4 Å². The second kappa shape index (κ2) is 6.54. The average molecular weight is 329 g/mol. The Hall–Kier alpha value is -2.14. The number of thiophene rings is 1. The van der Waals surface area contributed by atoms with E-state index in [2.05, 4.69) is 12.2 Å². The van der Waals surface area contributed by atoms with Crippen LogP contribution in [0.15, 0.2) is 36.4 Å². The Morgan fingerprint density at radius 1 is 1.30 bits per heavy atom. The summed E-state index contributed by atoms with van der Waals surface area (Å²) >= 11 is 1.41. The summed E-state index contributed by atoms with van der Waals surface area (Å²) in [5.74, 6) is 0.0801. The first kappa shape index (κ1) is 15.7. The monoisotopic (exact) mass is 329 g/mol. The first-order chi connectivity index (χ1) is 11.1. The van der Waals surface area contributed by atoms with Crippen LogP contribution in [0.2, 0.25) is 0 Å². The van der Waals surface area contributed by atoms with E-state index in [0.29, 0.717) is 23.1 Å². The molecule has 0 bridgehead atoms. The fraction of sp³-hybridized carbons (Fsp3) is 0.333. The number of hydrogen-bond donors (Lipinski definition) is 1. The van der Waals surface area contributed by atoms with Gasteiger partial charge in [-0.2, -0.15) is 0 Å². The van der Waals surface area contributed by atoms with Gasteiger partial charge in [0.2, 0.25) is 5.91 Å². The Labute approximate surface area is 139 Å². The first-order valence-corrected chi connectivity index (χ1v) is 8.59. The van der Waals surface area contributed by atoms with Gasteiger partial charge in [0.15, 0.2) is 0 Å². The molecular weight excluding hydrogens is 310 g/mol. The highest BCUT2D eigenvalue weighted by molar-refractivity contribution is 7.20. The minimum absolute atomic E-state index is 0.00971. The maximum absolute atomic E-state index is 12.2. The highest BCUT2D eigenvalue weighted by Gasteiger charge is 2.39. The van der Waals surface area contributed by atoms with E-state index in [4.69, 9.17) is 4.74 Å². The molecule has 1 aliphatic rings. The van der Waals surface area contributed by atoms with Crippen molar-refractivity contribution in [3.8, 4) is 10.4 Å². The Kier molecular flexibility index (Phi) is 4.48. The summed E-state index contributed by atoms with van der Waals surface area (Å²) in [4.78, 5) is 25.3. The second-order valence-corrected chi connectivity index (χ2v) is 6.80. The number of hydrogen-bond acceptors (Lipinski definition) is 4. The summed E-state index contributed by atoms with van der Waals surface area (Å²) in [5.41, 5.74) is 1.45. The van der Waals surface area contributed by atoms with E-state index in [0.717, 1.165) is 16.9 Å². The van der Waals surface area contributed by atoms with Crippen molar-refractivity contribution >= 4 is 28.2 Å². The van der Waals surface area contributed by atoms with E-state index in [1.54, 1.807) is 13.0 Å². The maximum Gasteiger partial charge on any atom is 0.341 e. The van der Waals surface area contributed by atoms with Crippen molar-refractivity contribution in [1.29, 1.82) is 0 Å². The number of ether oxygens (including phenoxy) is 1. The predicted molar refractivity (Wildman–Crippen MR) is 91.6 cm³/mol. The zero-order chi connectivity index (χ0) is 16.4. The van der Waals surface area contributed by atoms with E-state index in [1.165, 1.54) is 11.3 Å². The minimum Gasteiger partial charge on any atom is -0.462 e. The van der Waals surface area contributed by atoms with Gasteiger partial charge in [-0.3, -0.25) is 4.79 Å². The Bertz CT molecular complexity index is 723. The van der Waals surface area contributed by atoms with Crippen molar-refractivity contribution < 1.29 is 14.3 Å². The molecule has 23 heavy (non-hydrogen) atoms. The molecule has 1 fully saturated rings. The minimum atomic E-state index is -0.398. The number of rotatable bonds is 5. The first-order valence-electron chi connectivity index (χ1n) is 7.77. The maximum atomic E-state index is 12.2. The normalized spacial score (nSPS) is 19.2. The van der Waals surface area contributed by atoms with Gasteiger partial charge in [0.05, 0.1) is 12.2 Å². The fourth-order valence-electron chi connectivity index (χ4n) is 2.48. The summed E-state index contributed by atoms with van der Waals surface area (Å²) in [7, 11) is 0. The Morgan fingerprint density at radius 2 is 2.00 bits per heavy atom. The quantitative estimate of drug-likeness (QED) is 0.837. The molecule has 0 saturated heterocycles. The van der Waals surface area contributed by atoms with Crippen molar-refractivity contribution in [2.24, 2.45) is 11.8 Å². The Morgan fingerprint density at radius 3 is 2.61 bits per heavy atom. The second-order valence-electron chi connectivity index (χ2n) is 5.75. The summed E-state index contributed by atoms with van der Waals surface area (Å²) in [5, 5.41) is 3.49. The van der Waals surface area contributed by atoms with Crippen LogP contribution in [0, 0.1) is 11.8 Å². The molecule has 2 aromatic rings. The van der Waals surface area contributed by atoms with Crippen LogP contribution in [0.25, 0.3) is 10.4 Å². The van der Waals surface area contributed by atoms with Crippen molar-refractivity contribution in [1.82, 2.24) is 0 Å². The van der Waals surface area contributed by atoms with Gasteiger partial charge in [-0.05, 0) is 30.9 Å². The third-order valence-electron chi connectivity index (χ3n) is 3.97. The van der Waals surface area contributed by atoms with Crippen LogP contribution in [0.1, 0.15) is 30.6 Å². The molecular formula is C18H19NO3S. The number of anilines is 1. The van der Waals surface area contributed by atoms with E-state index in [-0.39, 0.29) is 11.8 Å². The van der Waals surface area contributed by atoms with Crippen LogP contribution in [-0.2, 0) is 9.53 Å². The highest BCUT2D eigenvalue weighted by Crippen LogP contribution is 2.41. The summed E-state index contributed by atoms with van der Waals surface area (Å²) in [6.45, 7) is 4.13. The van der Waals surface area contributed by atoms with E-state index < -0.39 is 5.97 Å². The summed E-state index contributed by atoms with van der Waals surface area (Å²) < 4.78 is 5.11. The van der Waals surface area contributed by atoms with Gasteiger partial charge in [-0.1, -0.05) is 37.3 Å². The van der Waals surface area contributed by atoms with Crippen LogP contribution < -0.4 is 5.32 Å². The third kappa shape index (κ3) is 3.45. The van der Waals surface area contributed by atoms with E-state index in [1.807, 2.05) is 30.3 Å². The molecule has 4 nitrogen and oxygen atoms in total. The largest absolute Gasteiger partial charge is 0.462 e. The zero-order valence-corrected chi connectivity index (χ0v) is 14.0. The lowest BCUT2D eigenvalue weighted by Gasteiger charge is -2.05.